The zero-order valence-corrected chi connectivity index (χ0v) is 10.5. The first-order valence-electron chi connectivity index (χ1n) is 5.71. The van der Waals surface area contributed by atoms with Gasteiger partial charge in [-0.1, -0.05) is 29.8 Å². The van der Waals surface area contributed by atoms with Crippen molar-refractivity contribution in [3.05, 3.63) is 35.4 Å². The molecule has 0 aliphatic rings. The highest BCUT2D eigenvalue weighted by Gasteiger charge is 2.08. The van der Waals surface area contributed by atoms with E-state index in [2.05, 4.69) is 6.07 Å². The van der Waals surface area contributed by atoms with Crippen molar-refractivity contribution in [1.29, 1.82) is 0 Å². The number of carbonyl (C=O) groups is 1. The van der Waals surface area contributed by atoms with Crippen LogP contribution in [-0.2, 0) is 16.1 Å². The highest BCUT2D eigenvalue weighted by Crippen LogP contribution is 2.06. The summed E-state index contributed by atoms with van der Waals surface area (Å²) in [7, 11) is 1.77. The molecule has 0 unspecified atom stereocenters. The van der Waals surface area contributed by atoms with Gasteiger partial charge in [0.1, 0.15) is 6.61 Å². The Balaban J connectivity index is 2.43. The minimum atomic E-state index is -0.0278. The van der Waals surface area contributed by atoms with E-state index in [1.807, 2.05) is 25.1 Å². The molecule has 0 saturated carbocycles. The van der Waals surface area contributed by atoms with Crippen molar-refractivity contribution >= 4 is 5.91 Å². The van der Waals surface area contributed by atoms with Crippen molar-refractivity contribution in [2.24, 2.45) is 5.73 Å². The number of carbonyl (C=O) groups excluding carboxylic acids is 1. The van der Waals surface area contributed by atoms with Gasteiger partial charge in [0.25, 0.3) is 0 Å². The van der Waals surface area contributed by atoms with Crippen molar-refractivity contribution < 1.29 is 9.53 Å². The summed E-state index contributed by atoms with van der Waals surface area (Å²) < 4.78 is 5.11. The Morgan fingerprint density at radius 1 is 1.47 bits per heavy atom. The first kappa shape index (κ1) is 13.7. The van der Waals surface area contributed by atoms with Crippen molar-refractivity contribution in [3.8, 4) is 0 Å². The summed E-state index contributed by atoms with van der Waals surface area (Å²) in [6.45, 7) is 3.60. The maximum atomic E-state index is 11.7. The number of aryl methyl sites for hydroxylation is 1. The summed E-state index contributed by atoms with van der Waals surface area (Å²) in [6.07, 6.45) is 0. The van der Waals surface area contributed by atoms with E-state index < -0.39 is 0 Å². The second kappa shape index (κ2) is 7.04. The van der Waals surface area contributed by atoms with Gasteiger partial charge in [-0.15, -0.1) is 0 Å². The SMILES string of the molecule is Cc1cccc(CN(C)C(=O)COCCN)c1. The topological polar surface area (TPSA) is 55.6 Å². The normalized spacial score (nSPS) is 10.3. The first-order valence-corrected chi connectivity index (χ1v) is 5.71. The number of nitrogens with zero attached hydrogens (tertiary/aromatic N) is 1. The fourth-order valence-corrected chi connectivity index (χ4v) is 1.53. The third kappa shape index (κ3) is 4.97. The molecular weight excluding hydrogens is 216 g/mol. The largest absolute Gasteiger partial charge is 0.370 e. The van der Waals surface area contributed by atoms with Gasteiger partial charge in [0.05, 0.1) is 6.61 Å². The summed E-state index contributed by atoms with van der Waals surface area (Å²) in [6, 6.07) is 8.12. The quantitative estimate of drug-likeness (QED) is 0.748. The molecule has 1 aromatic carbocycles. The Hall–Kier alpha value is -1.39. The highest BCUT2D eigenvalue weighted by molar-refractivity contribution is 5.77. The zero-order chi connectivity index (χ0) is 12.7. The third-order valence-corrected chi connectivity index (χ3v) is 2.42. The number of ether oxygens (including phenoxy) is 1. The van der Waals surface area contributed by atoms with Gasteiger partial charge >= 0.3 is 0 Å². The first-order chi connectivity index (χ1) is 8.13. The van der Waals surface area contributed by atoms with Crippen LogP contribution in [0, 0.1) is 6.92 Å². The minimum absolute atomic E-state index is 0.0278. The molecule has 0 fully saturated rings. The number of hydrogen-bond acceptors (Lipinski definition) is 3. The number of benzene rings is 1. The number of amides is 1. The maximum absolute atomic E-state index is 11.7. The van der Waals surface area contributed by atoms with E-state index in [0.717, 1.165) is 5.56 Å². The molecule has 0 bridgehead atoms. The van der Waals surface area contributed by atoms with Crippen molar-refractivity contribution in [1.82, 2.24) is 4.90 Å². The molecule has 0 atom stereocenters. The molecule has 4 heteroatoms. The van der Waals surface area contributed by atoms with E-state index in [-0.39, 0.29) is 12.5 Å². The highest BCUT2D eigenvalue weighted by atomic mass is 16.5. The molecule has 2 N–H and O–H groups in total. The average molecular weight is 236 g/mol. The summed E-state index contributed by atoms with van der Waals surface area (Å²) in [5.74, 6) is -0.0278. The van der Waals surface area contributed by atoms with Crippen LogP contribution in [0.15, 0.2) is 24.3 Å². The van der Waals surface area contributed by atoms with Crippen LogP contribution in [0.4, 0.5) is 0 Å². The van der Waals surface area contributed by atoms with Gasteiger partial charge in [-0.2, -0.15) is 0 Å². The summed E-state index contributed by atoms with van der Waals surface area (Å²) in [4.78, 5) is 13.3. The molecule has 0 radical (unpaired) electrons. The minimum Gasteiger partial charge on any atom is -0.370 e. The number of likely N-dealkylation sites (N-methyl/N-ethyl adjacent to an activating group) is 1. The number of hydrogen-bond donors (Lipinski definition) is 1. The zero-order valence-electron chi connectivity index (χ0n) is 10.5. The Bertz CT molecular complexity index is 366. The Kier molecular flexibility index (Phi) is 5.66. The van der Waals surface area contributed by atoms with Gasteiger partial charge in [-0.3, -0.25) is 4.79 Å². The molecular formula is C13H20N2O2. The Morgan fingerprint density at radius 3 is 2.88 bits per heavy atom. The lowest BCUT2D eigenvalue weighted by molar-refractivity contribution is -0.135. The molecule has 1 amide bonds. The molecule has 0 saturated heterocycles. The molecule has 0 aliphatic carbocycles. The smallest absolute Gasteiger partial charge is 0.248 e. The molecule has 0 aliphatic heterocycles. The number of nitrogens with two attached hydrogens (primary N) is 1. The van der Waals surface area contributed by atoms with Crippen LogP contribution in [0.5, 0.6) is 0 Å². The van der Waals surface area contributed by atoms with Crippen molar-refractivity contribution in [2.45, 2.75) is 13.5 Å². The monoisotopic (exact) mass is 236 g/mol. The van der Waals surface area contributed by atoms with E-state index in [1.54, 1.807) is 11.9 Å². The lowest BCUT2D eigenvalue weighted by Gasteiger charge is -2.17. The predicted octanol–water partition coefficient (Wildman–Crippen LogP) is 0.929. The second-order valence-electron chi connectivity index (χ2n) is 4.08. The summed E-state index contributed by atoms with van der Waals surface area (Å²) in [5, 5.41) is 0. The van der Waals surface area contributed by atoms with E-state index >= 15 is 0 Å². The van der Waals surface area contributed by atoms with E-state index in [9.17, 15) is 4.79 Å². The van der Waals surface area contributed by atoms with Gasteiger partial charge in [0.2, 0.25) is 5.91 Å². The van der Waals surface area contributed by atoms with Gasteiger partial charge in [0.15, 0.2) is 0 Å². The van der Waals surface area contributed by atoms with Gasteiger partial charge < -0.3 is 15.4 Å². The summed E-state index contributed by atoms with van der Waals surface area (Å²) >= 11 is 0. The van der Waals surface area contributed by atoms with Crippen LogP contribution >= 0.6 is 0 Å². The molecule has 1 rings (SSSR count). The molecule has 94 valence electrons. The van der Waals surface area contributed by atoms with E-state index in [0.29, 0.717) is 19.7 Å². The average Bonchev–Trinajstić information content (AvgIpc) is 2.29. The molecule has 4 nitrogen and oxygen atoms in total. The summed E-state index contributed by atoms with van der Waals surface area (Å²) in [5.41, 5.74) is 7.60. The van der Waals surface area contributed by atoms with Crippen LogP contribution in [0.3, 0.4) is 0 Å². The predicted molar refractivity (Wildman–Crippen MR) is 67.5 cm³/mol. The van der Waals surface area contributed by atoms with E-state index in [1.165, 1.54) is 5.56 Å². The van der Waals surface area contributed by atoms with Crippen LogP contribution in [-0.4, -0.2) is 37.6 Å². The number of rotatable bonds is 6. The Morgan fingerprint density at radius 2 is 2.24 bits per heavy atom. The lowest BCUT2D eigenvalue weighted by Crippen LogP contribution is -2.30. The Labute approximate surface area is 102 Å². The fourth-order valence-electron chi connectivity index (χ4n) is 1.53. The van der Waals surface area contributed by atoms with Gasteiger partial charge in [-0.25, -0.2) is 0 Å². The second-order valence-corrected chi connectivity index (χ2v) is 4.08. The van der Waals surface area contributed by atoms with Crippen LogP contribution in [0.1, 0.15) is 11.1 Å². The third-order valence-electron chi connectivity index (χ3n) is 2.42. The van der Waals surface area contributed by atoms with Gasteiger partial charge in [-0.05, 0) is 12.5 Å². The van der Waals surface area contributed by atoms with Crippen molar-refractivity contribution in [3.63, 3.8) is 0 Å². The fraction of sp³-hybridized carbons (Fsp3) is 0.462. The molecule has 1 aromatic rings. The standard InChI is InChI=1S/C13H20N2O2/c1-11-4-3-5-12(8-11)9-15(2)13(16)10-17-7-6-14/h3-5,8H,6-7,9-10,14H2,1-2H3. The molecule has 0 aromatic heterocycles. The van der Waals surface area contributed by atoms with Crippen LogP contribution in [0.25, 0.3) is 0 Å². The molecule has 17 heavy (non-hydrogen) atoms. The van der Waals surface area contributed by atoms with Gasteiger partial charge in [0, 0.05) is 20.1 Å². The van der Waals surface area contributed by atoms with Crippen LogP contribution in [0.2, 0.25) is 0 Å². The maximum Gasteiger partial charge on any atom is 0.248 e. The van der Waals surface area contributed by atoms with Crippen molar-refractivity contribution in [2.75, 3.05) is 26.8 Å². The van der Waals surface area contributed by atoms with Crippen LogP contribution < -0.4 is 5.73 Å². The van der Waals surface area contributed by atoms with E-state index in [4.69, 9.17) is 10.5 Å². The lowest BCUT2D eigenvalue weighted by atomic mass is 10.1. The molecule has 0 heterocycles. The molecule has 0 spiro atoms.